The third kappa shape index (κ3) is 3.10. The molecule has 110 valence electrons. The maximum Gasteiger partial charge on any atom is 0.433 e. The van der Waals surface area contributed by atoms with Gasteiger partial charge in [0.25, 0.3) is 0 Å². The lowest BCUT2D eigenvalue weighted by molar-refractivity contribution is -0.141. The van der Waals surface area contributed by atoms with Gasteiger partial charge in [-0.15, -0.1) is 0 Å². The lowest BCUT2D eigenvalue weighted by atomic mass is 10.1. The van der Waals surface area contributed by atoms with Crippen molar-refractivity contribution in [3.63, 3.8) is 0 Å². The van der Waals surface area contributed by atoms with Crippen molar-refractivity contribution in [3.8, 4) is 11.1 Å². The minimum absolute atomic E-state index is 0.0545. The summed E-state index contributed by atoms with van der Waals surface area (Å²) >= 11 is 0. The topological polar surface area (TPSA) is 78.1 Å². The number of alkyl halides is 3. The quantitative estimate of drug-likeness (QED) is 0.862. The highest BCUT2D eigenvalue weighted by Gasteiger charge is 2.32. The number of pyridine rings is 2. The fourth-order valence-corrected chi connectivity index (χ4v) is 1.64. The number of methoxy groups -OCH3 is 1. The molecule has 0 aliphatic carbocycles. The normalized spacial score (nSPS) is 11.2. The Labute approximate surface area is 117 Å². The van der Waals surface area contributed by atoms with Crippen LogP contribution in [0.25, 0.3) is 11.1 Å². The Morgan fingerprint density at radius 3 is 2.33 bits per heavy atom. The van der Waals surface area contributed by atoms with Crippen LogP contribution in [0.5, 0.6) is 0 Å². The number of nitrogens with two attached hydrogens (primary N) is 1. The van der Waals surface area contributed by atoms with E-state index in [0.717, 1.165) is 12.3 Å². The fraction of sp³-hybridized carbons (Fsp3) is 0.154. The fourth-order valence-electron chi connectivity index (χ4n) is 1.64. The van der Waals surface area contributed by atoms with Gasteiger partial charge in [0.15, 0.2) is 5.69 Å². The van der Waals surface area contributed by atoms with E-state index in [-0.39, 0.29) is 11.4 Å². The van der Waals surface area contributed by atoms with E-state index in [2.05, 4.69) is 14.7 Å². The monoisotopic (exact) mass is 297 g/mol. The Morgan fingerprint density at radius 1 is 1.19 bits per heavy atom. The van der Waals surface area contributed by atoms with Crippen molar-refractivity contribution >= 4 is 11.7 Å². The number of rotatable bonds is 2. The zero-order chi connectivity index (χ0) is 15.6. The van der Waals surface area contributed by atoms with Crippen LogP contribution in [0.15, 0.2) is 30.6 Å². The molecule has 21 heavy (non-hydrogen) atoms. The van der Waals surface area contributed by atoms with E-state index < -0.39 is 17.8 Å². The van der Waals surface area contributed by atoms with E-state index in [1.807, 2.05) is 0 Å². The molecule has 5 nitrogen and oxygen atoms in total. The smallest absolute Gasteiger partial charge is 0.433 e. The Bertz CT molecular complexity index is 669. The van der Waals surface area contributed by atoms with Crippen LogP contribution in [0, 0.1) is 0 Å². The molecular weight excluding hydrogens is 287 g/mol. The molecule has 0 fully saturated rings. The van der Waals surface area contributed by atoms with Crippen LogP contribution in [-0.4, -0.2) is 23.0 Å². The van der Waals surface area contributed by atoms with Gasteiger partial charge in [0, 0.05) is 23.5 Å². The second kappa shape index (κ2) is 5.39. The van der Waals surface area contributed by atoms with Crippen LogP contribution in [0.1, 0.15) is 16.2 Å². The molecule has 0 aliphatic heterocycles. The van der Waals surface area contributed by atoms with Crippen molar-refractivity contribution < 1.29 is 22.7 Å². The second-order valence-electron chi connectivity index (χ2n) is 4.08. The molecule has 0 atom stereocenters. The standard InChI is InChI=1S/C13H10F3N3O2/c1-21-12(20)11-9(17)4-8(6-19-11)7-2-3-10(18-5-7)13(14,15)16/h2-6H,17H2,1H3. The summed E-state index contributed by atoms with van der Waals surface area (Å²) < 4.78 is 41.8. The zero-order valence-corrected chi connectivity index (χ0v) is 10.8. The predicted octanol–water partition coefficient (Wildman–Crippen LogP) is 2.53. The van der Waals surface area contributed by atoms with Crippen molar-refractivity contribution in [1.82, 2.24) is 9.97 Å². The molecule has 2 heterocycles. The largest absolute Gasteiger partial charge is 0.464 e. The number of carbonyl (C=O) groups excluding carboxylic acids is 1. The summed E-state index contributed by atoms with van der Waals surface area (Å²) in [6.07, 6.45) is -2.12. The number of nitrogens with zero attached hydrogens (tertiary/aromatic N) is 2. The van der Waals surface area contributed by atoms with Gasteiger partial charge in [-0.1, -0.05) is 6.07 Å². The van der Waals surface area contributed by atoms with Crippen LogP contribution < -0.4 is 5.73 Å². The van der Waals surface area contributed by atoms with Gasteiger partial charge in [0.05, 0.1) is 12.8 Å². The summed E-state index contributed by atoms with van der Waals surface area (Å²) in [7, 11) is 1.19. The molecule has 0 spiro atoms. The molecule has 0 bridgehead atoms. The molecule has 0 radical (unpaired) electrons. The highest BCUT2D eigenvalue weighted by molar-refractivity contribution is 5.93. The van der Waals surface area contributed by atoms with Gasteiger partial charge in [-0.25, -0.2) is 9.78 Å². The van der Waals surface area contributed by atoms with E-state index in [9.17, 15) is 18.0 Å². The minimum atomic E-state index is -4.50. The molecule has 2 aromatic rings. The first kappa shape index (κ1) is 14.8. The molecule has 0 amide bonds. The summed E-state index contributed by atoms with van der Waals surface area (Å²) in [5.41, 5.74) is 5.54. The number of aromatic nitrogens is 2. The summed E-state index contributed by atoms with van der Waals surface area (Å²) in [6.45, 7) is 0. The third-order valence-corrected chi connectivity index (χ3v) is 2.68. The van der Waals surface area contributed by atoms with Crippen LogP contribution in [-0.2, 0) is 10.9 Å². The van der Waals surface area contributed by atoms with Crippen LogP contribution in [0.3, 0.4) is 0 Å². The molecule has 2 N–H and O–H groups in total. The first-order valence-corrected chi connectivity index (χ1v) is 5.70. The van der Waals surface area contributed by atoms with Gasteiger partial charge in [-0.3, -0.25) is 4.98 Å². The minimum Gasteiger partial charge on any atom is -0.464 e. The van der Waals surface area contributed by atoms with Crippen molar-refractivity contribution in [2.75, 3.05) is 12.8 Å². The SMILES string of the molecule is COC(=O)c1ncc(-c2ccc(C(F)(F)F)nc2)cc1N. The molecule has 2 aromatic heterocycles. The van der Waals surface area contributed by atoms with E-state index in [4.69, 9.17) is 5.73 Å². The van der Waals surface area contributed by atoms with Gasteiger partial charge in [-0.2, -0.15) is 13.2 Å². The zero-order valence-electron chi connectivity index (χ0n) is 10.8. The predicted molar refractivity (Wildman–Crippen MR) is 68.2 cm³/mol. The molecular formula is C13H10F3N3O2. The Hall–Kier alpha value is -2.64. The number of esters is 1. The number of anilines is 1. The van der Waals surface area contributed by atoms with Crippen LogP contribution >= 0.6 is 0 Å². The highest BCUT2D eigenvalue weighted by atomic mass is 19.4. The van der Waals surface area contributed by atoms with E-state index in [1.54, 1.807) is 0 Å². The van der Waals surface area contributed by atoms with Crippen molar-refractivity contribution in [3.05, 3.63) is 42.0 Å². The Balaban J connectivity index is 2.35. The molecule has 8 heteroatoms. The van der Waals surface area contributed by atoms with Gasteiger partial charge in [0.2, 0.25) is 0 Å². The number of hydrogen-bond acceptors (Lipinski definition) is 5. The molecule has 2 rings (SSSR count). The van der Waals surface area contributed by atoms with Crippen molar-refractivity contribution in [2.45, 2.75) is 6.18 Å². The number of nitrogen functional groups attached to an aromatic ring is 1. The number of carbonyl (C=O) groups is 1. The summed E-state index contributed by atoms with van der Waals surface area (Å²) in [5, 5.41) is 0. The maximum absolute atomic E-state index is 12.4. The maximum atomic E-state index is 12.4. The Kier molecular flexibility index (Phi) is 3.79. The van der Waals surface area contributed by atoms with E-state index in [0.29, 0.717) is 11.1 Å². The van der Waals surface area contributed by atoms with Crippen LogP contribution in [0.4, 0.5) is 18.9 Å². The lowest BCUT2D eigenvalue weighted by Crippen LogP contribution is -2.09. The Morgan fingerprint density at radius 2 is 1.86 bits per heavy atom. The molecule has 0 aliphatic rings. The molecule has 0 saturated heterocycles. The van der Waals surface area contributed by atoms with Crippen molar-refractivity contribution in [2.24, 2.45) is 0 Å². The highest BCUT2D eigenvalue weighted by Crippen LogP contribution is 2.29. The van der Waals surface area contributed by atoms with Gasteiger partial charge in [-0.05, 0) is 12.1 Å². The van der Waals surface area contributed by atoms with Gasteiger partial charge < -0.3 is 10.5 Å². The summed E-state index contributed by atoms with van der Waals surface area (Å²) in [4.78, 5) is 18.5. The van der Waals surface area contributed by atoms with Crippen molar-refractivity contribution in [1.29, 1.82) is 0 Å². The summed E-state index contributed by atoms with van der Waals surface area (Å²) in [6, 6.07) is 3.54. The first-order valence-electron chi connectivity index (χ1n) is 5.70. The van der Waals surface area contributed by atoms with E-state index >= 15 is 0 Å². The average molecular weight is 297 g/mol. The van der Waals surface area contributed by atoms with Crippen LogP contribution in [0.2, 0.25) is 0 Å². The number of ether oxygens (including phenoxy) is 1. The average Bonchev–Trinajstić information content (AvgIpc) is 2.45. The molecule has 0 saturated carbocycles. The summed E-state index contributed by atoms with van der Waals surface area (Å²) in [5.74, 6) is -0.690. The molecule has 0 unspecified atom stereocenters. The second-order valence-corrected chi connectivity index (χ2v) is 4.08. The van der Waals surface area contributed by atoms with E-state index in [1.165, 1.54) is 25.4 Å². The first-order chi connectivity index (χ1) is 9.82. The number of halogens is 3. The van der Waals surface area contributed by atoms with Gasteiger partial charge >= 0.3 is 12.1 Å². The lowest BCUT2D eigenvalue weighted by Gasteiger charge is -2.08. The van der Waals surface area contributed by atoms with Gasteiger partial charge in [0.1, 0.15) is 5.69 Å². The molecule has 0 aromatic carbocycles. The number of hydrogen-bond donors (Lipinski definition) is 1. The third-order valence-electron chi connectivity index (χ3n) is 2.68.